The van der Waals surface area contributed by atoms with Crippen LogP contribution in [0.3, 0.4) is 0 Å². The number of hydrogen-bond donors (Lipinski definition) is 2. The Morgan fingerprint density at radius 3 is 2.68 bits per heavy atom. The van der Waals surface area contributed by atoms with Gasteiger partial charge < -0.3 is 15.2 Å². The monoisotopic (exact) mass is 423 g/mol. The van der Waals surface area contributed by atoms with Crippen LogP contribution in [0.15, 0.2) is 19.9 Å². The molecule has 1 aliphatic rings. The van der Waals surface area contributed by atoms with Gasteiger partial charge in [-0.25, -0.2) is 0 Å². The van der Waals surface area contributed by atoms with Gasteiger partial charge >= 0.3 is 0 Å². The summed E-state index contributed by atoms with van der Waals surface area (Å²) in [7, 11) is 1.46. The van der Waals surface area contributed by atoms with Crippen LogP contribution >= 0.6 is 55.8 Å². The molecule has 0 atom stereocenters. The Bertz CT molecular complexity index is 616. The zero-order valence-electron chi connectivity index (χ0n) is 9.49. The average molecular weight is 425 g/mol. The minimum Gasteiger partial charge on any atom is -0.503 e. The first-order valence-electron chi connectivity index (χ1n) is 4.94. The van der Waals surface area contributed by atoms with Gasteiger partial charge in [-0.3, -0.25) is 4.79 Å². The van der Waals surface area contributed by atoms with Crippen LogP contribution in [-0.2, 0) is 4.79 Å². The molecule has 0 saturated carbocycles. The number of hydrogen-bond acceptors (Lipinski definition) is 5. The predicted molar refractivity (Wildman–Crippen MR) is 86.4 cm³/mol. The van der Waals surface area contributed by atoms with Crippen molar-refractivity contribution >= 4 is 72.1 Å². The maximum atomic E-state index is 11.6. The highest BCUT2D eigenvalue weighted by Gasteiger charge is 2.23. The highest BCUT2D eigenvalue weighted by molar-refractivity contribution is 9.13. The number of nitrogens with one attached hydrogen (secondary N) is 1. The molecular formula is C11H7Br2NO3S2. The van der Waals surface area contributed by atoms with E-state index in [0.717, 1.165) is 0 Å². The van der Waals surface area contributed by atoms with Crippen molar-refractivity contribution in [3.63, 3.8) is 0 Å². The molecule has 100 valence electrons. The molecule has 8 heteroatoms. The van der Waals surface area contributed by atoms with Gasteiger partial charge in [0.15, 0.2) is 11.5 Å². The van der Waals surface area contributed by atoms with Crippen LogP contribution in [0.2, 0.25) is 0 Å². The van der Waals surface area contributed by atoms with E-state index in [2.05, 4.69) is 37.2 Å². The zero-order valence-corrected chi connectivity index (χ0v) is 14.3. The van der Waals surface area contributed by atoms with Crippen molar-refractivity contribution in [3.05, 3.63) is 25.5 Å². The molecule has 0 unspecified atom stereocenters. The molecule has 0 spiro atoms. The lowest BCUT2D eigenvalue weighted by Gasteiger charge is -2.10. The average Bonchev–Trinajstić information content (AvgIpc) is 2.68. The molecule has 1 aromatic rings. The molecule has 0 radical (unpaired) electrons. The van der Waals surface area contributed by atoms with Gasteiger partial charge in [-0.05, 0) is 49.6 Å². The molecule has 1 fully saturated rings. The van der Waals surface area contributed by atoms with Crippen molar-refractivity contribution in [1.82, 2.24) is 5.32 Å². The maximum absolute atomic E-state index is 11.6. The number of aromatic hydroxyl groups is 1. The highest BCUT2D eigenvalue weighted by Crippen LogP contribution is 2.43. The number of thioether (sulfide) groups is 1. The smallest absolute Gasteiger partial charge is 0.263 e. The Morgan fingerprint density at radius 1 is 1.47 bits per heavy atom. The number of phenols is 1. The quantitative estimate of drug-likeness (QED) is 0.562. The fraction of sp³-hybridized carbons (Fsp3) is 0.0909. The van der Waals surface area contributed by atoms with Crippen molar-refractivity contribution in [2.75, 3.05) is 7.11 Å². The summed E-state index contributed by atoms with van der Waals surface area (Å²) in [4.78, 5) is 12.1. The summed E-state index contributed by atoms with van der Waals surface area (Å²) >= 11 is 12.7. The number of benzene rings is 1. The topological polar surface area (TPSA) is 58.6 Å². The fourth-order valence-corrected chi connectivity index (χ4v) is 3.31. The Morgan fingerprint density at radius 2 is 2.16 bits per heavy atom. The Kier molecular flexibility index (Phi) is 4.54. The minimum atomic E-state index is -0.231. The number of methoxy groups -OCH3 is 1. The molecule has 1 saturated heterocycles. The number of thiocarbonyl (C=S) groups is 1. The first-order valence-corrected chi connectivity index (χ1v) is 7.75. The van der Waals surface area contributed by atoms with Crippen LogP contribution in [0.4, 0.5) is 0 Å². The summed E-state index contributed by atoms with van der Waals surface area (Å²) in [6, 6.07) is 1.63. The maximum Gasteiger partial charge on any atom is 0.263 e. The van der Waals surface area contributed by atoms with E-state index in [1.54, 1.807) is 12.1 Å². The third-order valence-electron chi connectivity index (χ3n) is 2.32. The standard InChI is InChI=1S/C11H7Br2NO3S2/c1-17-5-2-4(7(12)8(13)9(5)15)3-6-10(16)14-11(18)19-6/h2-3,15H,1H3,(H,14,16,18)/b6-3+. The number of phenolic OH excluding ortho intramolecular Hbond substituents is 1. The number of halogens is 2. The molecule has 1 heterocycles. The number of carbonyl (C=O) groups is 1. The second-order valence-corrected chi connectivity index (χ2v) is 6.80. The molecule has 1 aromatic carbocycles. The molecular weight excluding hydrogens is 418 g/mol. The van der Waals surface area contributed by atoms with E-state index < -0.39 is 0 Å². The fourth-order valence-electron chi connectivity index (χ4n) is 1.43. The summed E-state index contributed by atoms with van der Waals surface area (Å²) in [5.74, 6) is 0.0774. The van der Waals surface area contributed by atoms with Crippen LogP contribution in [0.1, 0.15) is 5.56 Å². The van der Waals surface area contributed by atoms with Gasteiger partial charge in [0.05, 0.1) is 16.5 Å². The van der Waals surface area contributed by atoms with Crippen LogP contribution in [-0.4, -0.2) is 22.4 Å². The van der Waals surface area contributed by atoms with Crippen LogP contribution in [0.25, 0.3) is 6.08 Å². The first-order chi connectivity index (χ1) is 8.93. The Balaban J connectivity index is 2.52. The molecule has 19 heavy (non-hydrogen) atoms. The van der Waals surface area contributed by atoms with Gasteiger partial charge in [0.2, 0.25) is 0 Å². The van der Waals surface area contributed by atoms with Gasteiger partial charge in [0, 0.05) is 4.47 Å². The number of carbonyl (C=O) groups excluding carboxylic acids is 1. The van der Waals surface area contributed by atoms with Gasteiger partial charge in [-0.15, -0.1) is 0 Å². The third-order valence-corrected chi connectivity index (χ3v) is 5.64. The summed E-state index contributed by atoms with van der Waals surface area (Å²) in [6.45, 7) is 0. The molecule has 0 bridgehead atoms. The lowest BCUT2D eigenvalue weighted by molar-refractivity contribution is -0.115. The lowest BCUT2D eigenvalue weighted by Crippen LogP contribution is -2.17. The van der Waals surface area contributed by atoms with E-state index in [1.807, 2.05) is 0 Å². The van der Waals surface area contributed by atoms with Gasteiger partial charge in [-0.2, -0.15) is 0 Å². The molecule has 4 nitrogen and oxygen atoms in total. The second kappa shape index (κ2) is 5.82. The molecule has 1 amide bonds. The molecule has 2 N–H and O–H groups in total. The summed E-state index contributed by atoms with van der Waals surface area (Å²) in [6.07, 6.45) is 1.68. The highest BCUT2D eigenvalue weighted by atomic mass is 79.9. The third kappa shape index (κ3) is 2.96. The molecule has 0 aliphatic carbocycles. The van der Waals surface area contributed by atoms with Crippen molar-refractivity contribution in [2.45, 2.75) is 0 Å². The summed E-state index contributed by atoms with van der Waals surface area (Å²) in [5, 5.41) is 12.4. The summed E-state index contributed by atoms with van der Waals surface area (Å²) < 4.78 is 6.59. The number of amides is 1. The van der Waals surface area contributed by atoms with E-state index in [4.69, 9.17) is 17.0 Å². The molecule has 1 aliphatic heterocycles. The van der Waals surface area contributed by atoms with Crippen molar-refractivity contribution in [2.24, 2.45) is 0 Å². The Hall–Kier alpha value is -0.570. The predicted octanol–water partition coefficient (Wildman–Crippen LogP) is 3.41. The molecule has 0 aromatic heterocycles. The van der Waals surface area contributed by atoms with E-state index >= 15 is 0 Å². The first kappa shape index (κ1) is 14.8. The van der Waals surface area contributed by atoms with Crippen LogP contribution in [0, 0.1) is 0 Å². The van der Waals surface area contributed by atoms with E-state index in [1.165, 1.54) is 18.9 Å². The zero-order chi connectivity index (χ0) is 14.2. The number of ether oxygens (including phenoxy) is 1. The van der Waals surface area contributed by atoms with Gasteiger partial charge in [-0.1, -0.05) is 24.0 Å². The molecule has 2 rings (SSSR count). The van der Waals surface area contributed by atoms with E-state index in [0.29, 0.717) is 29.5 Å². The van der Waals surface area contributed by atoms with Gasteiger partial charge in [0.25, 0.3) is 5.91 Å². The Labute approximate surface area is 135 Å². The SMILES string of the molecule is COc1cc(/C=C2/SC(=S)NC2=O)c(Br)c(Br)c1O. The lowest BCUT2D eigenvalue weighted by atomic mass is 10.2. The minimum absolute atomic E-state index is 0.00410. The normalized spacial score (nSPS) is 16.9. The number of rotatable bonds is 2. The second-order valence-electron chi connectivity index (χ2n) is 3.50. The van der Waals surface area contributed by atoms with Crippen molar-refractivity contribution in [3.8, 4) is 11.5 Å². The van der Waals surface area contributed by atoms with E-state index in [9.17, 15) is 9.90 Å². The largest absolute Gasteiger partial charge is 0.503 e. The van der Waals surface area contributed by atoms with Crippen LogP contribution < -0.4 is 10.1 Å². The van der Waals surface area contributed by atoms with Gasteiger partial charge in [0.1, 0.15) is 4.32 Å². The summed E-state index contributed by atoms with van der Waals surface area (Å²) in [5.41, 5.74) is 0.698. The van der Waals surface area contributed by atoms with Crippen molar-refractivity contribution < 1.29 is 14.6 Å². The van der Waals surface area contributed by atoms with E-state index in [-0.39, 0.29) is 11.7 Å². The van der Waals surface area contributed by atoms with Crippen LogP contribution in [0.5, 0.6) is 11.5 Å². The van der Waals surface area contributed by atoms with Crippen molar-refractivity contribution in [1.29, 1.82) is 0 Å².